The SMILES string of the molecule is O=C(NC[C@H](c1ccco1)c1cccs1)c1cccs1. The van der Waals surface area contributed by atoms with Gasteiger partial charge in [-0.15, -0.1) is 22.7 Å². The summed E-state index contributed by atoms with van der Waals surface area (Å²) in [4.78, 5) is 13.9. The minimum absolute atomic E-state index is 0.0342. The Hall–Kier alpha value is -1.85. The van der Waals surface area contributed by atoms with E-state index in [0.29, 0.717) is 6.54 Å². The van der Waals surface area contributed by atoms with Crippen LogP contribution < -0.4 is 5.32 Å². The van der Waals surface area contributed by atoms with Gasteiger partial charge in [0.1, 0.15) is 5.76 Å². The summed E-state index contributed by atoms with van der Waals surface area (Å²) in [7, 11) is 0. The highest BCUT2D eigenvalue weighted by atomic mass is 32.1. The first kappa shape index (κ1) is 13.1. The zero-order valence-corrected chi connectivity index (χ0v) is 12.2. The molecule has 1 N–H and O–H groups in total. The molecule has 0 fully saturated rings. The molecule has 1 atom stereocenters. The van der Waals surface area contributed by atoms with E-state index in [9.17, 15) is 4.79 Å². The fourth-order valence-corrected chi connectivity index (χ4v) is 3.49. The molecule has 0 unspecified atom stereocenters. The van der Waals surface area contributed by atoms with Crippen LogP contribution in [-0.4, -0.2) is 12.5 Å². The van der Waals surface area contributed by atoms with E-state index in [1.807, 2.05) is 41.1 Å². The van der Waals surface area contributed by atoms with E-state index in [0.717, 1.165) is 10.6 Å². The van der Waals surface area contributed by atoms with Gasteiger partial charge in [0.25, 0.3) is 5.91 Å². The first-order chi connectivity index (χ1) is 9.84. The molecule has 3 rings (SSSR count). The molecule has 0 saturated heterocycles. The first-order valence-electron chi connectivity index (χ1n) is 6.23. The quantitative estimate of drug-likeness (QED) is 0.775. The van der Waals surface area contributed by atoms with Gasteiger partial charge in [-0.05, 0) is 35.0 Å². The fraction of sp³-hybridized carbons (Fsp3) is 0.133. The summed E-state index contributed by atoms with van der Waals surface area (Å²) in [6.07, 6.45) is 1.66. The van der Waals surface area contributed by atoms with E-state index in [-0.39, 0.29) is 11.8 Å². The molecule has 1 amide bonds. The Bertz CT molecular complexity index is 608. The van der Waals surface area contributed by atoms with Crippen LogP contribution in [0.2, 0.25) is 0 Å². The van der Waals surface area contributed by atoms with Gasteiger partial charge in [0, 0.05) is 11.4 Å². The molecule has 0 saturated carbocycles. The van der Waals surface area contributed by atoms with Crippen LogP contribution in [0.1, 0.15) is 26.2 Å². The largest absolute Gasteiger partial charge is 0.469 e. The third-order valence-electron chi connectivity index (χ3n) is 2.98. The van der Waals surface area contributed by atoms with Gasteiger partial charge in [-0.3, -0.25) is 4.79 Å². The number of hydrogen-bond donors (Lipinski definition) is 1. The summed E-state index contributed by atoms with van der Waals surface area (Å²) in [5.41, 5.74) is 0. The van der Waals surface area contributed by atoms with Crippen molar-refractivity contribution in [1.82, 2.24) is 5.32 Å². The normalized spacial score (nSPS) is 12.2. The summed E-state index contributed by atoms with van der Waals surface area (Å²) in [6.45, 7) is 0.533. The van der Waals surface area contributed by atoms with E-state index >= 15 is 0 Å². The molecule has 3 nitrogen and oxygen atoms in total. The van der Waals surface area contributed by atoms with E-state index in [4.69, 9.17) is 4.42 Å². The lowest BCUT2D eigenvalue weighted by atomic mass is 10.0. The van der Waals surface area contributed by atoms with Crippen LogP contribution in [0.5, 0.6) is 0 Å². The molecule has 3 aromatic heterocycles. The van der Waals surface area contributed by atoms with Gasteiger partial charge >= 0.3 is 0 Å². The van der Waals surface area contributed by atoms with Crippen molar-refractivity contribution in [1.29, 1.82) is 0 Å². The molecular formula is C15H13NO2S2. The van der Waals surface area contributed by atoms with Gasteiger partial charge in [-0.1, -0.05) is 12.1 Å². The van der Waals surface area contributed by atoms with Crippen molar-refractivity contribution in [3.63, 3.8) is 0 Å². The van der Waals surface area contributed by atoms with E-state index < -0.39 is 0 Å². The highest BCUT2D eigenvalue weighted by molar-refractivity contribution is 7.12. The van der Waals surface area contributed by atoms with Crippen molar-refractivity contribution >= 4 is 28.6 Å². The van der Waals surface area contributed by atoms with Crippen molar-refractivity contribution in [3.8, 4) is 0 Å². The maximum atomic E-state index is 12.0. The molecule has 20 heavy (non-hydrogen) atoms. The van der Waals surface area contributed by atoms with Crippen LogP contribution in [0.15, 0.2) is 57.8 Å². The van der Waals surface area contributed by atoms with Gasteiger partial charge in [0.15, 0.2) is 0 Å². The standard InChI is InChI=1S/C15H13NO2S2/c17-15(14-6-3-9-20-14)16-10-11(12-4-1-7-18-12)13-5-2-8-19-13/h1-9,11H,10H2,(H,16,17)/t11-/m1/s1. The number of thiophene rings is 2. The second-order valence-electron chi connectivity index (χ2n) is 4.27. The lowest BCUT2D eigenvalue weighted by Gasteiger charge is -2.13. The fourth-order valence-electron chi connectivity index (χ4n) is 2.01. The van der Waals surface area contributed by atoms with Crippen LogP contribution in [0.25, 0.3) is 0 Å². The summed E-state index contributed by atoms with van der Waals surface area (Å²) in [5.74, 6) is 0.904. The van der Waals surface area contributed by atoms with Gasteiger partial charge in [0.05, 0.1) is 17.1 Å². The molecule has 3 aromatic rings. The monoisotopic (exact) mass is 303 g/mol. The second kappa shape index (κ2) is 6.07. The van der Waals surface area contributed by atoms with Crippen LogP contribution >= 0.6 is 22.7 Å². The Balaban J connectivity index is 1.73. The molecule has 0 aliphatic heterocycles. The predicted molar refractivity (Wildman–Crippen MR) is 81.5 cm³/mol. The third kappa shape index (κ3) is 2.84. The summed E-state index contributed by atoms with van der Waals surface area (Å²) in [6, 6.07) is 11.6. The Morgan fingerprint density at radius 2 is 2.00 bits per heavy atom. The van der Waals surface area contributed by atoms with Crippen LogP contribution in [0, 0.1) is 0 Å². The average molecular weight is 303 g/mol. The van der Waals surface area contributed by atoms with E-state index in [2.05, 4.69) is 11.4 Å². The molecule has 5 heteroatoms. The molecule has 0 bridgehead atoms. The average Bonchev–Trinajstić information content (AvgIpc) is 3.22. The van der Waals surface area contributed by atoms with Gasteiger partial charge < -0.3 is 9.73 Å². The van der Waals surface area contributed by atoms with Crippen molar-refractivity contribution in [3.05, 3.63) is 68.9 Å². The van der Waals surface area contributed by atoms with Crippen molar-refractivity contribution in [2.75, 3.05) is 6.54 Å². The summed E-state index contributed by atoms with van der Waals surface area (Å²) < 4.78 is 5.50. The van der Waals surface area contributed by atoms with Crippen molar-refractivity contribution in [2.24, 2.45) is 0 Å². The number of carbonyl (C=O) groups is 1. The maximum absolute atomic E-state index is 12.0. The lowest BCUT2D eigenvalue weighted by molar-refractivity contribution is 0.0956. The number of amides is 1. The topological polar surface area (TPSA) is 42.2 Å². The minimum atomic E-state index is -0.0342. The molecule has 0 aliphatic rings. The summed E-state index contributed by atoms with van der Waals surface area (Å²) >= 11 is 3.11. The molecule has 102 valence electrons. The number of nitrogens with one attached hydrogen (secondary N) is 1. The van der Waals surface area contributed by atoms with Gasteiger partial charge in [0.2, 0.25) is 0 Å². The number of hydrogen-bond acceptors (Lipinski definition) is 4. The highest BCUT2D eigenvalue weighted by Crippen LogP contribution is 2.28. The summed E-state index contributed by atoms with van der Waals surface area (Å²) in [5, 5.41) is 6.91. The van der Waals surface area contributed by atoms with Gasteiger partial charge in [-0.25, -0.2) is 0 Å². The molecular weight excluding hydrogens is 290 g/mol. The highest BCUT2D eigenvalue weighted by Gasteiger charge is 2.19. The molecule has 3 heterocycles. The van der Waals surface area contributed by atoms with Crippen LogP contribution in [0.4, 0.5) is 0 Å². The number of carbonyl (C=O) groups excluding carboxylic acids is 1. The second-order valence-corrected chi connectivity index (χ2v) is 6.20. The smallest absolute Gasteiger partial charge is 0.261 e. The third-order valence-corrected chi connectivity index (χ3v) is 4.84. The lowest BCUT2D eigenvalue weighted by Crippen LogP contribution is -2.27. The maximum Gasteiger partial charge on any atom is 0.261 e. The first-order valence-corrected chi connectivity index (χ1v) is 7.99. The Labute approximate surface area is 124 Å². The predicted octanol–water partition coefficient (Wildman–Crippen LogP) is 3.96. The van der Waals surface area contributed by atoms with Crippen molar-refractivity contribution in [2.45, 2.75) is 5.92 Å². The van der Waals surface area contributed by atoms with Crippen LogP contribution in [0.3, 0.4) is 0 Å². The molecule has 0 spiro atoms. The zero-order valence-electron chi connectivity index (χ0n) is 10.6. The Morgan fingerprint density at radius 3 is 2.65 bits per heavy atom. The van der Waals surface area contributed by atoms with Gasteiger partial charge in [-0.2, -0.15) is 0 Å². The minimum Gasteiger partial charge on any atom is -0.469 e. The number of rotatable bonds is 5. The van der Waals surface area contributed by atoms with Crippen molar-refractivity contribution < 1.29 is 9.21 Å². The Kier molecular flexibility index (Phi) is 3.99. The molecule has 0 aliphatic carbocycles. The molecule has 0 radical (unpaired) electrons. The zero-order chi connectivity index (χ0) is 13.8. The van der Waals surface area contributed by atoms with Crippen LogP contribution in [-0.2, 0) is 0 Å². The molecule has 0 aromatic carbocycles. The number of furan rings is 1. The van der Waals surface area contributed by atoms with E-state index in [1.165, 1.54) is 16.2 Å². The van der Waals surface area contributed by atoms with E-state index in [1.54, 1.807) is 17.6 Å². The Morgan fingerprint density at radius 1 is 1.15 bits per heavy atom.